The zero-order valence-corrected chi connectivity index (χ0v) is 19.9. The third kappa shape index (κ3) is 6.55. The minimum Gasteiger partial charge on any atom is -0.444 e. The summed E-state index contributed by atoms with van der Waals surface area (Å²) in [5, 5.41) is 0. The van der Waals surface area contributed by atoms with Crippen molar-refractivity contribution in [3.8, 4) is 11.1 Å². The van der Waals surface area contributed by atoms with E-state index in [4.69, 9.17) is 10.5 Å². The van der Waals surface area contributed by atoms with Crippen molar-refractivity contribution in [3.05, 3.63) is 47.5 Å². The van der Waals surface area contributed by atoms with Crippen molar-refractivity contribution in [3.63, 3.8) is 0 Å². The summed E-state index contributed by atoms with van der Waals surface area (Å²) in [6.07, 6.45) is -4.78. The molecule has 1 unspecified atom stereocenters. The molecule has 2 aromatic rings. The fraction of sp³-hybridized carbons (Fsp3) is 0.458. The number of rotatable bonds is 6. The number of aromatic nitrogens is 2. The Morgan fingerprint density at radius 3 is 2.39 bits per heavy atom. The molecule has 8 nitrogen and oxygen atoms in total. The summed E-state index contributed by atoms with van der Waals surface area (Å²) in [6.45, 7) is 4.74. The molecule has 2 aromatic heterocycles. The third-order valence-corrected chi connectivity index (χ3v) is 5.47. The van der Waals surface area contributed by atoms with Crippen molar-refractivity contribution < 1.29 is 36.7 Å². The molecule has 2 N–H and O–H groups in total. The van der Waals surface area contributed by atoms with Crippen LogP contribution in [0.3, 0.4) is 0 Å². The molecule has 1 aliphatic heterocycles. The Hall–Kier alpha value is -3.57. The first-order valence-electron chi connectivity index (χ1n) is 11.1. The number of carbonyl (C=O) groups excluding carboxylic acids is 3. The Bertz CT molecular complexity index is 1150. The van der Waals surface area contributed by atoms with Crippen molar-refractivity contribution in [2.75, 3.05) is 6.54 Å². The van der Waals surface area contributed by atoms with Crippen molar-refractivity contribution in [2.24, 2.45) is 5.73 Å². The molecule has 1 aliphatic rings. The summed E-state index contributed by atoms with van der Waals surface area (Å²) in [7, 11) is 0. The van der Waals surface area contributed by atoms with Crippen LogP contribution in [0.25, 0.3) is 11.1 Å². The number of aryl methyl sites for hydroxylation is 1. The number of Topliss-reactive ketones (excluding diaryl/α,β-unsaturated/α-hetero) is 1. The van der Waals surface area contributed by atoms with Crippen molar-refractivity contribution in [1.82, 2.24) is 14.9 Å². The van der Waals surface area contributed by atoms with Gasteiger partial charge in [0.1, 0.15) is 17.5 Å². The van der Waals surface area contributed by atoms with Crippen LogP contribution >= 0.6 is 0 Å². The number of likely N-dealkylation sites (tertiary alicyclic amines) is 1. The van der Waals surface area contributed by atoms with Gasteiger partial charge >= 0.3 is 12.3 Å². The topological polar surface area (TPSA) is 115 Å². The number of pyridine rings is 2. The summed E-state index contributed by atoms with van der Waals surface area (Å²) in [5.41, 5.74) is 4.22. The van der Waals surface area contributed by atoms with Crippen LogP contribution in [0, 0.1) is 0 Å². The van der Waals surface area contributed by atoms with Crippen molar-refractivity contribution >= 4 is 17.8 Å². The fourth-order valence-corrected chi connectivity index (χ4v) is 3.82. The van der Waals surface area contributed by atoms with E-state index in [2.05, 4.69) is 9.97 Å². The van der Waals surface area contributed by atoms with Gasteiger partial charge in [0.25, 0.3) is 5.91 Å². The number of alkyl halides is 4. The van der Waals surface area contributed by atoms with Crippen LogP contribution in [-0.2, 0) is 22.1 Å². The Morgan fingerprint density at radius 1 is 1.14 bits per heavy atom. The number of ketones is 1. The Kier molecular flexibility index (Phi) is 7.65. The number of hydrogen-bond donors (Lipinski definition) is 1. The van der Waals surface area contributed by atoms with Gasteiger partial charge in [-0.25, -0.2) is 9.18 Å². The molecular formula is C24H26F4N4O4. The molecule has 0 bridgehead atoms. The van der Waals surface area contributed by atoms with Gasteiger partial charge in [-0.1, -0.05) is 6.07 Å². The largest absolute Gasteiger partial charge is 0.444 e. The number of primary amides is 1. The number of ether oxygens (including phenoxy) is 1. The maximum absolute atomic E-state index is 14.1. The van der Waals surface area contributed by atoms with Crippen LogP contribution in [0.5, 0.6) is 0 Å². The molecule has 2 atom stereocenters. The van der Waals surface area contributed by atoms with E-state index in [1.54, 1.807) is 20.8 Å². The average molecular weight is 510 g/mol. The maximum Gasteiger partial charge on any atom is 0.433 e. The lowest BCUT2D eigenvalue weighted by Gasteiger charge is -2.27. The van der Waals surface area contributed by atoms with Gasteiger partial charge in [-0.05, 0) is 44.9 Å². The van der Waals surface area contributed by atoms with E-state index >= 15 is 0 Å². The van der Waals surface area contributed by atoms with Gasteiger partial charge in [-0.2, -0.15) is 13.2 Å². The van der Waals surface area contributed by atoms with Crippen LogP contribution in [0.2, 0.25) is 0 Å². The Labute approximate surface area is 204 Å². The van der Waals surface area contributed by atoms with Gasteiger partial charge in [-0.3, -0.25) is 24.5 Å². The molecule has 36 heavy (non-hydrogen) atoms. The number of hydrogen-bond acceptors (Lipinski definition) is 6. The summed E-state index contributed by atoms with van der Waals surface area (Å²) in [4.78, 5) is 45.8. The highest BCUT2D eigenvalue weighted by atomic mass is 19.4. The number of halogens is 4. The van der Waals surface area contributed by atoms with Gasteiger partial charge in [-0.15, -0.1) is 0 Å². The quantitative estimate of drug-likeness (QED) is 0.585. The second-order valence-electron chi connectivity index (χ2n) is 9.46. The minimum atomic E-state index is -4.62. The molecular weight excluding hydrogens is 484 g/mol. The molecule has 1 saturated heterocycles. The molecule has 1 fully saturated rings. The normalized spacial score (nSPS) is 18.2. The first kappa shape index (κ1) is 27.0. The molecule has 12 heteroatoms. The summed E-state index contributed by atoms with van der Waals surface area (Å²) < 4.78 is 57.9. The van der Waals surface area contributed by atoms with E-state index < -0.39 is 41.7 Å². The van der Waals surface area contributed by atoms with Crippen LogP contribution in [0.1, 0.15) is 55.4 Å². The minimum absolute atomic E-state index is 0.0289. The average Bonchev–Trinajstić information content (AvgIpc) is 3.17. The summed E-state index contributed by atoms with van der Waals surface area (Å²) in [6, 6.07) is 2.39. The van der Waals surface area contributed by atoms with Gasteiger partial charge in [0.15, 0.2) is 5.78 Å². The van der Waals surface area contributed by atoms with E-state index in [-0.39, 0.29) is 48.3 Å². The number of nitrogens with zero attached hydrogens (tertiary/aromatic N) is 3. The molecule has 3 heterocycles. The predicted molar refractivity (Wildman–Crippen MR) is 121 cm³/mol. The van der Waals surface area contributed by atoms with E-state index in [9.17, 15) is 31.9 Å². The molecule has 0 aromatic carbocycles. The Balaban J connectivity index is 1.78. The number of carbonyl (C=O) groups is 3. The van der Waals surface area contributed by atoms with E-state index in [1.165, 1.54) is 12.3 Å². The molecule has 2 amide bonds. The second-order valence-corrected chi connectivity index (χ2v) is 9.46. The van der Waals surface area contributed by atoms with E-state index in [1.807, 2.05) is 0 Å². The SMILES string of the molecule is CC(C)(C)OC(=O)N1C[C@H](F)CC1C(=O)CCc1cc(-c2ccc(C(F)(F)F)nc2)c(C(N)=O)cn1. The second kappa shape index (κ2) is 10.2. The fourth-order valence-electron chi connectivity index (χ4n) is 3.82. The van der Waals surface area contributed by atoms with E-state index in [0.717, 1.165) is 23.2 Å². The lowest BCUT2D eigenvalue weighted by Crippen LogP contribution is -2.43. The number of amides is 2. The van der Waals surface area contributed by atoms with Crippen LogP contribution in [-0.4, -0.2) is 57.0 Å². The standard InChI is InChI=1S/C24H26F4N4O4/c1-23(2,3)36-22(35)32-12-14(25)8-18(32)19(33)6-5-15-9-16(17(11-30-15)21(29)34)13-4-7-20(31-10-13)24(26,27)28/h4,7,9-11,14,18H,5-6,8,12H2,1-3H3,(H2,29,34)/t14-,18?/m1/s1. The Morgan fingerprint density at radius 2 is 1.83 bits per heavy atom. The molecule has 0 aliphatic carbocycles. The lowest BCUT2D eigenvalue weighted by molar-refractivity contribution is -0.141. The van der Waals surface area contributed by atoms with E-state index in [0.29, 0.717) is 5.69 Å². The first-order valence-corrected chi connectivity index (χ1v) is 11.1. The summed E-state index contributed by atoms with van der Waals surface area (Å²) >= 11 is 0. The first-order chi connectivity index (χ1) is 16.7. The number of nitrogens with two attached hydrogens (primary N) is 1. The summed E-state index contributed by atoms with van der Waals surface area (Å²) in [5.74, 6) is -1.23. The maximum atomic E-state index is 14.1. The van der Waals surface area contributed by atoms with Gasteiger partial charge in [0, 0.05) is 36.5 Å². The highest BCUT2D eigenvalue weighted by Gasteiger charge is 2.41. The highest BCUT2D eigenvalue weighted by Crippen LogP contribution is 2.30. The lowest BCUT2D eigenvalue weighted by atomic mass is 9.99. The predicted octanol–water partition coefficient (Wildman–Crippen LogP) is 4.11. The van der Waals surface area contributed by atoms with Gasteiger partial charge in [0.05, 0.1) is 18.2 Å². The van der Waals surface area contributed by atoms with Crippen molar-refractivity contribution in [1.29, 1.82) is 0 Å². The smallest absolute Gasteiger partial charge is 0.433 e. The van der Waals surface area contributed by atoms with Gasteiger partial charge in [0.2, 0.25) is 0 Å². The molecule has 0 saturated carbocycles. The zero-order valence-electron chi connectivity index (χ0n) is 19.9. The molecule has 3 rings (SSSR count). The highest BCUT2D eigenvalue weighted by molar-refractivity contribution is 5.99. The van der Waals surface area contributed by atoms with Gasteiger partial charge < -0.3 is 10.5 Å². The molecule has 194 valence electrons. The molecule has 0 radical (unpaired) electrons. The molecule has 0 spiro atoms. The van der Waals surface area contributed by atoms with Crippen molar-refractivity contribution in [2.45, 2.75) is 64.0 Å². The van der Waals surface area contributed by atoms with Crippen LogP contribution in [0.15, 0.2) is 30.6 Å². The van der Waals surface area contributed by atoms with Crippen LogP contribution < -0.4 is 5.73 Å². The van der Waals surface area contributed by atoms with Crippen LogP contribution in [0.4, 0.5) is 22.4 Å². The monoisotopic (exact) mass is 510 g/mol. The third-order valence-electron chi connectivity index (χ3n) is 5.47. The zero-order chi connectivity index (χ0) is 26.8.